The standard InChI is InChI=1S/C11H13O10/c1-3-4(5(12)13)11(8(18)19,9(20)21)10(2,6(14)15)7(16)17/h4H,1,3H2,2H3,(H,12,13)(H,14,15)(H,16,17)(H,18,19)(H,20,21). The Bertz CT molecular complexity index is 477. The normalized spacial score (nSPS) is 13.2. The molecule has 0 rings (SSSR count). The first-order valence-electron chi connectivity index (χ1n) is 5.37. The summed E-state index contributed by atoms with van der Waals surface area (Å²) in [6.45, 7) is 3.42. The van der Waals surface area contributed by atoms with Gasteiger partial charge in [-0.25, -0.2) is 0 Å². The van der Waals surface area contributed by atoms with Crippen LogP contribution in [0.2, 0.25) is 0 Å². The Morgan fingerprint density at radius 2 is 1.19 bits per heavy atom. The second-order valence-corrected chi connectivity index (χ2v) is 4.33. The summed E-state index contributed by atoms with van der Waals surface area (Å²) in [5, 5.41) is 45.4. The smallest absolute Gasteiger partial charge is 0.323 e. The lowest BCUT2D eigenvalue weighted by Crippen LogP contribution is -2.64. The fourth-order valence-corrected chi connectivity index (χ4v) is 2.12. The average Bonchev–Trinajstić information content (AvgIpc) is 2.32. The number of hydrogen-bond donors (Lipinski definition) is 5. The van der Waals surface area contributed by atoms with Gasteiger partial charge < -0.3 is 25.5 Å². The highest BCUT2D eigenvalue weighted by Crippen LogP contribution is 2.48. The molecule has 10 nitrogen and oxygen atoms in total. The number of carboxylic acids is 5. The van der Waals surface area contributed by atoms with E-state index in [-0.39, 0.29) is 0 Å². The summed E-state index contributed by atoms with van der Waals surface area (Å²) in [4.78, 5) is 56.5. The van der Waals surface area contributed by atoms with Gasteiger partial charge in [0.2, 0.25) is 5.41 Å². The fraction of sp³-hybridized carbons (Fsp3) is 0.455. The Morgan fingerprint density at radius 1 is 0.857 bits per heavy atom. The molecule has 1 radical (unpaired) electrons. The van der Waals surface area contributed by atoms with Crippen molar-refractivity contribution in [3.8, 4) is 0 Å². The molecule has 0 spiro atoms. The monoisotopic (exact) mass is 305 g/mol. The Hall–Kier alpha value is -2.65. The van der Waals surface area contributed by atoms with Crippen LogP contribution in [0, 0.1) is 23.7 Å². The molecule has 5 N–H and O–H groups in total. The number of carboxylic acid groups (broad SMARTS) is 5. The summed E-state index contributed by atoms with van der Waals surface area (Å²) < 4.78 is 0. The van der Waals surface area contributed by atoms with E-state index in [1.54, 1.807) is 0 Å². The van der Waals surface area contributed by atoms with Crippen molar-refractivity contribution >= 4 is 29.8 Å². The van der Waals surface area contributed by atoms with E-state index in [1.807, 2.05) is 0 Å². The van der Waals surface area contributed by atoms with Crippen molar-refractivity contribution in [1.29, 1.82) is 0 Å². The number of rotatable bonds is 8. The highest BCUT2D eigenvalue weighted by atomic mass is 16.4. The molecule has 0 aliphatic carbocycles. The van der Waals surface area contributed by atoms with Crippen LogP contribution in [-0.4, -0.2) is 55.4 Å². The Labute approximate surface area is 117 Å². The highest BCUT2D eigenvalue weighted by Gasteiger charge is 2.73. The lowest BCUT2D eigenvalue weighted by atomic mass is 9.56. The second kappa shape index (κ2) is 5.77. The van der Waals surface area contributed by atoms with Gasteiger partial charge in [-0.2, -0.15) is 0 Å². The molecule has 0 saturated carbocycles. The van der Waals surface area contributed by atoms with E-state index in [0.717, 1.165) is 0 Å². The molecule has 1 atom stereocenters. The molecule has 0 heterocycles. The SMILES string of the molecule is [CH2]CC(C(=O)O)C(C(=O)O)(C(=O)O)C(C)(C(=O)O)C(=O)O. The van der Waals surface area contributed by atoms with Crippen molar-refractivity contribution in [3.05, 3.63) is 6.92 Å². The molecular formula is C11H13O10. The molecule has 0 amide bonds. The van der Waals surface area contributed by atoms with Gasteiger partial charge in [-0.1, -0.05) is 6.92 Å². The third kappa shape index (κ3) is 2.28. The first-order chi connectivity index (χ1) is 9.42. The van der Waals surface area contributed by atoms with Gasteiger partial charge in [0.15, 0.2) is 5.41 Å². The van der Waals surface area contributed by atoms with E-state index in [0.29, 0.717) is 6.92 Å². The maximum atomic E-state index is 11.4. The Kier molecular flexibility index (Phi) is 5.04. The van der Waals surface area contributed by atoms with Crippen LogP contribution in [0.4, 0.5) is 0 Å². The van der Waals surface area contributed by atoms with Crippen molar-refractivity contribution in [2.24, 2.45) is 16.7 Å². The largest absolute Gasteiger partial charge is 0.481 e. The van der Waals surface area contributed by atoms with Gasteiger partial charge in [0, 0.05) is 0 Å². The minimum atomic E-state index is -3.64. The van der Waals surface area contributed by atoms with Gasteiger partial charge in [-0.15, -0.1) is 0 Å². The molecule has 117 valence electrons. The zero-order chi connectivity index (χ0) is 17.2. The molecule has 0 aromatic heterocycles. The third-order valence-corrected chi connectivity index (χ3v) is 3.43. The van der Waals surface area contributed by atoms with Gasteiger partial charge >= 0.3 is 29.8 Å². The van der Waals surface area contributed by atoms with Crippen LogP contribution < -0.4 is 0 Å². The molecule has 0 aliphatic rings. The van der Waals surface area contributed by atoms with Crippen LogP contribution >= 0.6 is 0 Å². The molecule has 0 bridgehead atoms. The summed E-state index contributed by atoms with van der Waals surface area (Å²) in [6, 6.07) is 0. The minimum absolute atomic E-state index is 0.339. The second-order valence-electron chi connectivity index (χ2n) is 4.33. The van der Waals surface area contributed by atoms with Gasteiger partial charge in [0.05, 0.1) is 5.92 Å². The topological polar surface area (TPSA) is 186 Å². The molecule has 0 saturated heterocycles. The maximum absolute atomic E-state index is 11.4. The molecule has 10 heteroatoms. The average molecular weight is 305 g/mol. The van der Waals surface area contributed by atoms with E-state index >= 15 is 0 Å². The quantitative estimate of drug-likeness (QED) is 0.357. The van der Waals surface area contributed by atoms with Crippen LogP contribution in [0.25, 0.3) is 0 Å². The molecule has 0 aromatic carbocycles. The number of aliphatic carboxylic acids is 5. The summed E-state index contributed by atoms with van der Waals surface area (Å²) >= 11 is 0. The number of carbonyl (C=O) groups is 5. The summed E-state index contributed by atoms with van der Waals surface area (Å²) in [5.74, 6) is -13.7. The van der Waals surface area contributed by atoms with E-state index in [4.69, 9.17) is 15.3 Å². The van der Waals surface area contributed by atoms with Gasteiger partial charge in [-0.3, -0.25) is 24.0 Å². The van der Waals surface area contributed by atoms with Crippen molar-refractivity contribution in [2.45, 2.75) is 13.3 Å². The van der Waals surface area contributed by atoms with Gasteiger partial charge in [0.1, 0.15) is 0 Å². The molecule has 0 aliphatic heterocycles. The highest BCUT2D eigenvalue weighted by molar-refractivity contribution is 6.14. The van der Waals surface area contributed by atoms with Gasteiger partial charge in [-0.05, 0) is 13.3 Å². The summed E-state index contributed by atoms with van der Waals surface area (Å²) in [5.41, 5.74) is -7.07. The summed E-state index contributed by atoms with van der Waals surface area (Å²) in [6.07, 6.45) is -0.843. The van der Waals surface area contributed by atoms with E-state index < -0.39 is 53.0 Å². The lowest BCUT2D eigenvalue weighted by Gasteiger charge is -2.39. The number of hydrogen-bond acceptors (Lipinski definition) is 5. The Balaban J connectivity index is 6.90. The van der Waals surface area contributed by atoms with E-state index in [1.165, 1.54) is 0 Å². The van der Waals surface area contributed by atoms with Crippen LogP contribution in [0.1, 0.15) is 13.3 Å². The molecule has 1 unspecified atom stereocenters. The maximum Gasteiger partial charge on any atom is 0.323 e. The van der Waals surface area contributed by atoms with Crippen molar-refractivity contribution < 1.29 is 49.5 Å². The zero-order valence-electron chi connectivity index (χ0n) is 10.8. The van der Waals surface area contributed by atoms with Crippen molar-refractivity contribution in [1.82, 2.24) is 0 Å². The predicted octanol–water partition coefficient (Wildman–Crippen LogP) is -0.758. The molecular weight excluding hydrogens is 292 g/mol. The Morgan fingerprint density at radius 3 is 1.33 bits per heavy atom. The third-order valence-electron chi connectivity index (χ3n) is 3.43. The minimum Gasteiger partial charge on any atom is -0.481 e. The summed E-state index contributed by atoms with van der Waals surface area (Å²) in [7, 11) is 0. The molecule has 21 heavy (non-hydrogen) atoms. The van der Waals surface area contributed by atoms with Crippen LogP contribution in [0.3, 0.4) is 0 Å². The van der Waals surface area contributed by atoms with Gasteiger partial charge in [0.25, 0.3) is 0 Å². The molecule has 0 fully saturated rings. The van der Waals surface area contributed by atoms with Crippen LogP contribution in [-0.2, 0) is 24.0 Å². The predicted molar refractivity (Wildman–Crippen MR) is 62.2 cm³/mol. The lowest BCUT2D eigenvalue weighted by molar-refractivity contribution is -0.202. The zero-order valence-corrected chi connectivity index (χ0v) is 10.8. The first kappa shape index (κ1) is 18.4. The first-order valence-corrected chi connectivity index (χ1v) is 5.37. The van der Waals surface area contributed by atoms with Crippen molar-refractivity contribution in [2.75, 3.05) is 0 Å². The van der Waals surface area contributed by atoms with Crippen molar-refractivity contribution in [3.63, 3.8) is 0 Å². The van der Waals surface area contributed by atoms with Crippen LogP contribution in [0.5, 0.6) is 0 Å². The fourth-order valence-electron chi connectivity index (χ4n) is 2.12. The van der Waals surface area contributed by atoms with Crippen LogP contribution in [0.15, 0.2) is 0 Å². The van der Waals surface area contributed by atoms with E-state index in [2.05, 4.69) is 6.92 Å². The van der Waals surface area contributed by atoms with E-state index in [9.17, 15) is 34.2 Å². The molecule has 0 aromatic rings.